The highest BCUT2D eigenvalue weighted by molar-refractivity contribution is 5.89. The Labute approximate surface area is 108 Å². The van der Waals surface area contributed by atoms with Gasteiger partial charge in [0, 0.05) is 0 Å². The van der Waals surface area contributed by atoms with Gasteiger partial charge in [-0.05, 0) is 44.4 Å². The molecule has 0 amide bonds. The molecule has 0 radical (unpaired) electrons. The molecule has 0 aliphatic heterocycles. The van der Waals surface area contributed by atoms with Crippen LogP contribution in [0.15, 0.2) is 24.3 Å². The second kappa shape index (κ2) is 6.52. The highest BCUT2D eigenvalue weighted by atomic mass is 17.5. The van der Waals surface area contributed by atoms with Gasteiger partial charge in [-0.15, -0.1) is 0 Å². The van der Waals surface area contributed by atoms with Crippen LogP contribution in [0.5, 0.6) is 0 Å². The van der Waals surface area contributed by atoms with Crippen LogP contribution in [0.2, 0.25) is 0 Å². The summed E-state index contributed by atoms with van der Waals surface area (Å²) in [4.78, 5) is 21.3. The molecule has 0 aliphatic carbocycles. The van der Waals surface area contributed by atoms with Crippen molar-refractivity contribution >= 4 is 5.97 Å². The van der Waals surface area contributed by atoms with Crippen LogP contribution in [0, 0.1) is 6.92 Å². The van der Waals surface area contributed by atoms with Crippen molar-refractivity contribution in [2.24, 2.45) is 0 Å². The standard InChI is InChI=1S/C14H20O4/c1-5-9-14(3,4)17-18-16-13(15)12-8-6-7-11(2)10-12/h6-8,10H,5,9H2,1-4H3. The summed E-state index contributed by atoms with van der Waals surface area (Å²) in [5.41, 5.74) is 0.949. The summed E-state index contributed by atoms with van der Waals surface area (Å²) in [5.74, 6) is -0.564. The predicted octanol–water partition coefficient (Wildman–Crippen LogP) is 3.59. The number of hydrogen-bond acceptors (Lipinski definition) is 4. The van der Waals surface area contributed by atoms with E-state index < -0.39 is 11.6 Å². The highest BCUT2D eigenvalue weighted by Gasteiger charge is 2.20. The van der Waals surface area contributed by atoms with E-state index in [9.17, 15) is 4.79 Å². The normalized spacial score (nSPS) is 11.3. The molecular weight excluding hydrogens is 232 g/mol. The summed E-state index contributed by atoms with van der Waals surface area (Å²) in [7, 11) is 0. The van der Waals surface area contributed by atoms with Crippen LogP contribution in [0.4, 0.5) is 0 Å². The maximum absolute atomic E-state index is 11.6. The first-order chi connectivity index (χ1) is 8.44. The largest absolute Gasteiger partial charge is 0.376 e. The molecule has 1 aromatic carbocycles. The molecule has 0 N–H and O–H groups in total. The fraction of sp³-hybridized carbons (Fsp3) is 0.500. The van der Waals surface area contributed by atoms with E-state index in [-0.39, 0.29) is 0 Å². The molecule has 0 spiro atoms. The van der Waals surface area contributed by atoms with Crippen LogP contribution in [0.3, 0.4) is 0 Å². The van der Waals surface area contributed by atoms with Crippen LogP contribution < -0.4 is 0 Å². The first-order valence-corrected chi connectivity index (χ1v) is 6.08. The Morgan fingerprint density at radius 2 is 2.06 bits per heavy atom. The lowest BCUT2D eigenvalue weighted by Gasteiger charge is -2.20. The zero-order valence-electron chi connectivity index (χ0n) is 11.4. The molecule has 1 rings (SSSR count). The van der Waals surface area contributed by atoms with Gasteiger partial charge in [-0.1, -0.05) is 31.0 Å². The molecule has 0 aromatic heterocycles. The summed E-state index contributed by atoms with van der Waals surface area (Å²) in [5, 5.41) is 4.56. The molecule has 0 unspecified atom stereocenters. The molecule has 0 fully saturated rings. The molecule has 18 heavy (non-hydrogen) atoms. The molecule has 0 atom stereocenters. The maximum Gasteiger partial charge on any atom is 0.376 e. The topological polar surface area (TPSA) is 44.8 Å². The highest BCUT2D eigenvalue weighted by Crippen LogP contribution is 2.17. The molecule has 0 saturated heterocycles. The lowest BCUT2D eigenvalue weighted by atomic mass is 10.0. The van der Waals surface area contributed by atoms with Crippen molar-refractivity contribution in [3.05, 3.63) is 35.4 Å². The number of rotatable bonds is 6. The lowest BCUT2D eigenvalue weighted by molar-refractivity contribution is -0.513. The van der Waals surface area contributed by atoms with E-state index in [1.165, 1.54) is 0 Å². The minimum atomic E-state index is -0.564. The first kappa shape index (κ1) is 14.7. The third-order valence-corrected chi connectivity index (χ3v) is 2.48. The van der Waals surface area contributed by atoms with Crippen LogP contribution in [-0.2, 0) is 14.8 Å². The smallest absolute Gasteiger partial charge is 0.263 e. The van der Waals surface area contributed by atoms with Crippen LogP contribution >= 0.6 is 0 Å². The zero-order chi connectivity index (χ0) is 13.6. The molecule has 0 heterocycles. The minimum absolute atomic E-state index is 0.437. The fourth-order valence-corrected chi connectivity index (χ4v) is 1.60. The van der Waals surface area contributed by atoms with Crippen molar-refractivity contribution in [3.8, 4) is 0 Å². The Morgan fingerprint density at radius 3 is 2.67 bits per heavy atom. The lowest BCUT2D eigenvalue weighted by Crippen LogP contribution is -2.25. The Balaban J connectivity index is 2.42. The molecule has 4 heteroatoms. The zero-order valence-corrected chi connectivity index (χ0v) is 11.4. The Morgan fingerprint density at radius 1 is 1.33 bits per heavy atom. The van der Waals surface area contributed by atoms with Gasteiger partial charge in [-0.25, -0.2) is 4.79 Å². The molecule has 0 aliphatic rings. The van der Waals surface area contributed by atoms with Crippen LogP contribution in [0.25, 0.3) is 0 Å². The summed E-state index contributed by atoms with van der Waals surface area (Å²) < 4.78 is 0. The molecule has 4 nitrogen and oxygen atoms in total. The van der Waals surface area contributed by atoms with Gasteiger partial charge >= 0.3 is 5.97 Å². The quantitative estimate of drug-likeness (QED) is 0.573. The van der Waals surface area contributed by atoms with Crippen molar-refractivity contribution < 1.29 is 19.6 Å². The predicted molar refractivity (Wildman–Crippen MR) is 67.8 cm³/mol. The van der Waals surface area contributed by atoms with Gasteiger partial charge in [-0.3, -0.25) is 4.89 Å². The average Bonchev–Trinajstić information content (AvgIpc) is 2.28. The third kappa shape index (κ3) is 4.85. The van der Waals surface area contributed by atoms with Gasteiger partial charge in [0.2, 0.25) is 0 Å². The molecule has 0 bridgehead atoms. The van der Waals surface area contributed by atoms with Gasteiger partial charge in [0.25, 0.3) is 0 Å². The van der Waals surface area contributed by atoms with Crippen molar-refractivity contribution in [2.45, 2.75) is 46.1 Å². The molecule has 1 aromatic rings. The van der Waals surface area contributed by atoms with Crippen molar-refractivity contribution in [1.82, 2.24) is 0 Å². The molecule has 0 saturated carbocycles. The van der Waals surface area contributed by atoms with E-state index in [2.05, 4.69) is 9.93 Å². The number of benzene rings is 1. The number of carbonyl (C=O) groups is 1. The van der Waals surface area contributed by atoms with E-state index >= 15 is 0 Å². The Hall–Kier alpha value is -1.39. The fourth-order valence-electron chi connectivity index (χ4n) is 1.60. The SMILES string of the molecule is CCCC(C)(C)OOOC(=O)c1cccc(C)c1. The van der Waals surface area contributed by atoms with Crippen LogP contribution in [0.1, 0.15) is 49.5 Å². The van der Waals surface area contributed by atoms with Gasteiger partial charge in [0.15, 0.2) is 0 Å². The number of hydrogen-bond donors (Lipinski definition) is 0. The van der Waals surface area contributed by atoms with E-state index in [1.54, 1.807) is 18.2 Å². The maximum atomic E-state index is 11.6. The summed E-state index contributed by atoms with van der Waals surface area (Å²) in [6.45, 7) is 7.69. The number of aryl methyl sites for hydroxylation is 1. The van der Waals surface area contributed by atoms with E-state index in [0.717, 1.165) is 18.4 Å². The number of carbonyl (C=O) groups excluding carboxylic acids is 1. The van der Waals surface area contributed by atoms with Crippen LogP contribution in [-0.4, -0.2) is 11.6 Å². The first-order valence-electron chi connectivity index (χ1n) is 6.08. The van der Waals surface area contributed by atoms with Gasteiger partial charge in [-0.2, -0.15) is 4.89 Å². The minimum Gasteiger partial charge on any atom is -0.263 e. The van der Waals surface area contributed by atoms with Crippen molar-refractivity contribution in [1.29, 1.82) is 0 Å². The van der Waals surface area contributed by atoms with E-state index in [0.29, 0.717) is 5.56 Å². The second-order valence-electron chi connectivity index (χ2n) is 4.90. The Kier molecular flexibility index (Phi) is 5.31. The molecule has 100 valence electrons. The van der Waals surface area contributed by atoms with Gasteiger partial charge in [0.05, 0.1) is 5.56 Å². The summed E-state index contributed by atoms with van der Waals surface area (Å²) >= 11 is 0. The van der Waals surface area contributed by atoms with E-state index in [1.807, 2.05) is 33.8 Å². The van der Waals surface area contributed by atoms with E-state index in [4.69, 9.17) is 4.89 Å². The summed E-state index contributed by atoms with van der Waals surface area (Å²) in [6.07, 6.45) is 1.77. The third-order valence-electron chi connectivity index (χ3n) is 2.48. The molecular formula is C14H20O4. The monoisotopic (exact) mass is 252 g/mol. The summed E-state index contributed by atoms with van der Waals surface area (Å²) in [6, 6.07) is 7.07. The van der Waals surface area contributed by atoms with Gasteiger partial charge < -0.3 is 0 Å². The second-order valence-corrected chi connectivity index (χ2v) is 4.90. The average molecular weight is 252 g/mol. The Bertz CT molecular complexity index is 399. The van der Waals surface area contributed by atoms with Gasteiger partial charge in [0.1, 0.15) is 5.60 Å². The van der Waals surface area contributed by atoms with Crippen molar-refractivity contribution in [3.63, 3.8) is 0 Å². The van der Waals surface area contributed by atoms with Crippen molar-refractivity contribution in [2.75, 3.05) is 0 Å².